The number of halogens is 2. The molecule has 16 heavy (non-hydrogen) atoms. The highest BCUT2D eigenvalue weighted by Gasteiger charge is 2.40. The number of carbonyl (C=O) groups is 1. The molecule has 2 rings (SSSR count). The first-order chi connectivity index (χ1) is 7.53. The van der Waals surface area contributed by atoms with Crippen molar-refractivity contribution in [3.8, 4) is 0 Å². The predicted molar refractivity (Wildman–Crippen MR) is 54.1 cm³/mol. The van der Waals surface area contributed by atoms with Crippen LogP contribution in [-0.4, -0.2) is 11.1 Å². The maximum atomic E-state index is 13.1. The summed E-state index contributed by atoms with van der Waals surface area (Å²) in [6.07, 6.45) is 2.37. The molecule has 0 spiro atoms. The summed E-state index contributed by atoms with van der Waals surface area (Å²) in [7, 11) is 0. The first-order valence-corrected chi connectivity index (χ1v) is 5.21. The van der Waals surface area contributed by atoms with E-state index in [2.05, 4.69) is 0 Å². The third-order valence-corrected chi connectivity index (χ3v) is 3.33. The molecule has 1 saturated carbocycles. The molecule has 0 heterocycles. The van der Waals surface area contributed by atoms with Crippen LogP contribution in [0.2, 0.25) is 0 Å². The highest BCUT2D eigenvalue weighted by atomic mass is 19.2. The molecule has 1 aliphatic carbocycles. The largest absolute Gasteiger partial charge is 0.481 e. The molecule has 0 aromatic heterocycles. The van der Waals surface area contributed by atoms with Crippen LogP contribution in [0.15, 0.2) is 18.2 Å². The zero-order valence-corrected chi connectivity index (χ0v) is 8.67. The van der Waals surface area contributed by atoms with Gasteiger partial charge in [-0.25, -0.2) is 8.78 Å². The monoisotopic (exact) mass is 226 g/mol. The fraction of sp³-hybridized carbons (Fsp3) is 0.417. The molecule has 0 aliphatic heterocycles. The fourth-order valence-electron chi connectivity index (χ4n) is 2.29. The highest BCUT2D eigenvalue weighted by Crippen LogP contribution is 2.46. The van der Waals surface area contributed by atoms with Crippen molar-refractivity contribution in [3.05, 3.63) is 35.4 Å². The number of hydrogen-bond donors (Lipinski definition) is 1. The lowest BCUT2D eigenvalue weighted by Gasteiger charge is -2.41. The van der Waals surface area contributed by atoms with E-state index in [-0.39, 0.29) is 6.42 Å². The molecular formula is C12H12F2O2. The van der Waals surface area contributed by atoms with E-state index >= 15 is 0 Å². The SMILES string of the molecule is O=C(O)CC1(c2ccc(F)c(F)c2)CCC1. The Balaban J connectivity index is 2.33. The van der Waals surface area contributed by atoms with Crippen molar-refractivity contribution >= 4 is 5.97 Å². The van der Waals surface area contributed by atoms with E-state index in [1.54, 1.807) is 0 Å². The van der Waals surface area contributed by atoms with E-state index in [9.17, 15) is 13.6 Å². The Morgan fingerprint density at radius 2 is 2.00 bits per heavy atom. The zero-order chi connectivity index (χ0) is 11.8. The maximum absolute atomic E-state index is 13.1. The third kappa shape index (κ3) is 1.79. The zero-order valence-electron chi connectivity index (χ0n) is 8.67. The van der Waals surface area contributed by atoms with Crippen LogP contribution in [0.5, 0.6) is 0 Å². The molecule has 0 bridgehead atoms. The van der Waals surface area contributed by atoms with Gasteiger partial charge in [-0.1, -0.05) is 12.5 Å². The molecule has 0 radical (unpaired) electrons. The molecule has 1 N–H and O–H groups in total. The van der Waals surface area contributed by atoms with Crippen molar-refractivity contribution in [3.63, 3.8) is 0 Å². The summed E-state index contributed by atoms with van der Waals surface area (Å²) in [4.78, 5) is 10.8. The average Bonchev–Trinajstić information content (AvgIpc) is 2.16. The van der Waals surface area contributed by atoms with Gasteiger partial charge in [-0.05, 0) is 30.5 Å². The molecule has 4 heteroatoms. The van der Waals surface area contributed by atoms with Crippen LogP contribution in [0.3, 0.4) is 0 Å². The predicted octanol–water partition coefficient (Wildman–Crippen LogP) is 2.86. The van der Waals surface area contributed by atoms with Gasteiger partial charge in [-0.15, -0.1) is 0 Å². The second-order valence-electron chi connectivity index (χ2n) is 4.33. The van der Waals surface area contributed by atoms with Crippen LogP contribution < -0.4 is 0 Å². The van der Waals surface area contributed by atoms with E-state index < -0.39 is 23.0 Å². The van der Waals surface area contributed by atoms with Gasteiger partial charge in [0.2, 0.25) is 0 Å². The van der Waals surface area contributed by atoms with Crippen LogP contribution >= 0.6 is 0 Å². The average molecular weight is 226 g/mol. The van der Waals surface area contributed by atoms with E-state index in [1.165, 1.54) is 6.07 Å². The Hall–Kier alpha value is -1.45. The van der Waals surface area contributed by atoms with Gasteiger partial charge in [0, 0.05) is 5.41 Å². The van der Waals surface area contributed by atoms with Crippen molar-refractivity contribution < 1.29 is 18.7 Å². The smallest absolute Gasteiger partial charge is 0.304 e. The number of hydrogen-bond acceptors (Lipinski definition) is 1. The summed E-state index contributed by atoms with van der Waals surface area (Å²) in [5, 5.41) is 8.83. The molecule has 0 atom stereocenters. The quantitative estimate of drug-likeness (QED) is 0.860. The van der Waals surface area contributed by atoms with Gasteiger partial charge in [-0.3, -0.25) is 4.79 Å². The van der Waals surface area contributed by atoms with Crippen molar-refractivity contribution in [2.45, 2.75) is 31.1 Å². The summed E-state index contributed by atoms with van der Waals surface area (Å²) < 4.78 is 25.9. The van der Waals surface area contributed by atoms with E-state index in [4.69, 9.17) is 5.11 Å². The summed E-state index contributed by atoms with van der Waals surface area (Å²) in [6, 6.07) is 3.67. The summed E-state index contributed by atoms with van der Waals surface area (Å²) >= 11 is 0. The van der Waals surface area contributed by atoms with Crippen molar-refractivity contribution in [2.24, 2.45) is 0 Å². The minimum Gasteiger partial charge on any atom is -0.481 e. The molecule has 1 aliphatic rings. The lowest BCUT2D eigenvalue weighted by atomic mass is 9.62. The number of aliphatic carboxylic acids is 1. The molecule has 2 nitrogen and oxygen atoms in total. The van der Waals surface area contributed by atoms with Gasteiger partial charge in [0.1, 0.15) is 0 Å². The molecule has 0 saturated heterocycles. The van der Waals surface area contributed by atoms with Gasteiger partial charge >= 0.3 is 5.97 Å². The summed E-state index contributed by atoms with van der Waals surface area (Å²) in [5.41, 5.74) is 0.112. The Labute approximate surface area is 91.9 Å². The second-order valence-corrected chi connectivity index (χ2v) is 4.33. The number of carboxylic acids is 1. The molecule has 1 aromatic rings. The minimum atomic E-state index is -0.908. The number of rotatable bonds is 3. The van der Waals surface area contributed by atoms with Crippen LogP contribution in [-0.2, 0) is 10.2 Å². The lowest BCUT2D eigenvalue weighted by Crippen LogP contribution is -2.36. The van der Waals surface area contributed by atoms with E-state index in [0.29, 0.717) is 5.56 Å². The molecule has 1 aromatic carbocycles. The molecule has 0 unspecified atom stereocenters. The van der Waals surface area contributed by atoms with Gasteiger partial charge in [0.05, 0.1) is 6.42 Å². The Bertz CT molecular complexity index is 425. The molecular weight excluding hydrogens is 214 g/mol. The topological polar surface area (TPSA) is 37.3 Å². The molecule has 1 fully saturated rings. The molecule has 86 valence electrons. The summed E-state index contributed by atoms with van der Waals surface area (Å²) in [6.45, 7) is 0. The Kier molecular flexibility index (Phi) is 2.66. The van der Waals surface area contributed by atoms with Crippen LogP contribution in [0, 0.1) is 11.6 Å². The third-order valence-electron chi connectivity index (χ3n) is 3.33. The maximum Gasteiger partial charge on any atom is 0.304 e. The lowest BCUT2D eigenvalue weighted by molar-refractivity contribution is -0.139. The van der Waals surface area contributed by atoms with E-state index in [1.807, 2.05) is 0 Å². The van der Waals surface area contributed by atoms with Crippen molar-refractivity contribution in [1.29, 1.82) is 0 Å². The Morgan fingerprint density at radius 3 is 2.44 bits per heavy atom. The Morgan fingerprint density at radius 1 is 1.31 bits per heavy atom. The fourth-order valence-corrected chi connectivity index (χ4v) is 2.29. The van der Waals surface area contributed by atoms with Gasteiger partial charge in [0.25, 0.3) is 0 Å². The van der Waals surface area contributed by atoms with Crippen molar-refractivity contribution in [1.82, 2.24) is 0 Å². The number of benzene rings is 1. The van der Waals surface area contributed by atoms with Gasteiger partial charge in [-0.2, -0.15) is 0 Å². The minimum absolute atomic E-state index is 0.0158. The first-order valence-electron chi connectivity index (χ1n) is 5.21. The van der Waals surface area contributed by atoms with Gasteiger partial charge < -0.3 is 5.11 Å². The van der Waals surface area contributed by atoms with E-state index in [0.717, 1.165) is 31.4 Å². The standard InChI is InChI=1S/C12H12F2O2/c13-9-3-2-8(6-10(9)14)12(4-1-5-12)7-11(15)16/h2-3,6H,1,4-5,7H2,(H,15,16). The van der Waals surface area contributed by atoms with Crippen LogP contribution in [0.1, 0.15) is 31.2 Å². The molecule has 0 amide bonds. The van der Waals surface area contributed by atoms with Crippen LogP contribution in [0.4, 0.5) is 8.78 Å². The normalized spacial score (nSPS) is 17.9. The van der Waals surface area contributed by atoms with Crippen LogP contribution in [0.25, 0.3) is 0 Å². The van der Waals surface area contributed by atoms with Crippen molar-refractivity contribution in [2.75, 3.05) is 0 Å². The highest BCUT2D eigenvalue weighted by molar-refractivity contribution is 5.69. The summed E-state index contributed by atoms with van der Waals surface area (Å²) in [5.74, 6) is -2.70. The first kappa shape index (κ1) is 11.0. The second kappa shape index (κ2) is 3.85. The van der Waals surface area contributed by atoms with Gasteiger partial charge in [0.15, 0.2) is 11.6 Å². The number of carboxylic acid groups (broad SMARTS) is 1.